The summed E-state index contributed by atoms with van der Waals surface area (Å²) in [5.74, 6) is -0.198. The average molecular weight is 381 g/mol. The maximum absolute atomic E-state index is 12.4. The number of amides is 2. The molecule has 8 heteroatoms. The van der Waals surface area contributed by atoms with E-state index in [2.05, 4.69) is 10.2 Å². The van der Waals surface area contributed by atoms with E-state index in [0.29, 0.717) is 32.7 Å². The maximum atomic E-state index is 12.4. The molecule has 2 fully saturated rings. The fourth-order valence-electron chi connectivity index (χ4n) is 3.33. The van der Waals surface area contributed by atoms with Gasteiger partial charge in [0.25, 0.3) is 0 Å². The molecule has 2 aliphatic heterocycles. The maximum Gasteiger partial charge on any atom is 0.225 e. The molecule has 2 amide bonds. The molecular formula is C18H27N3O4S. The quantitative estimate of drug-likeness (QED) is 0.718. The smallest absolute Gasteiger partial charge is 0.225 e. The molecule has 1 N–H and O–H groups in total. The summed E-state index contributed by atoms with van der Waals surface area (Å²) in [6, 6.07) is 2.04. The molecule has 1 unspecified atom stereocenters. The van der Waals surface area contributed by atoms with E-state index in [-0.39, 0.29) is 17.7 Å². The number of nitrogens with one attached hydrogen (secondary N) is 1. The molecule has 0 radical (unpaired) electrons. The van der Waals surface area contributed by atoms with Gasteiger partial charge in [0, 0.05) is 51.1 Å². The minimum Gasteiger partial charge on any atom is -0.380 e. The van der Waals surface area contributed by atoms with Gasteiger partial charge in [-0.15, -0.1) is 11.3 Å². The summed E-state index contributed by atoms with van der Waals surface area (Å²) in [5, 5.41) is 5.01. The largest absolute Gasteiger partial charge is 0.380 e. The van der Waals surface area contributed by atoms with Crippen LogP contribution in [0.4, 0.5) is 0 Å². The van der Waals surface area contributed by atoms with Crippen molar-refractivity contribution in [3.8, 4) is 0 Å². The summed E-state index contributed by atoms with van der Waals surface area (Å²) in [5.41, 5.74) is 1.12. The third kappa shape index (κ3) is 5.26. The van der Waals surface area contributed by atoms with Crippen molar-refractivity contribution in [1.29, 1.82) is 0 Å². The second-order valence-corrected chi connectivity index (χ2v) is 7.76. The van der Waals surface area contributed by atoms with Crippen LogP contribution in [-0.2, 0) is 32.2 Å². The van der Waals surface area contributed by atoms with Crippen molar-refractivity contribution < 1.29 is 19.1 Å². The molecular weight excluding hydrogens is 354 g/mol. The van der Waals surface area contributed by atoms with Crippen LogP contribution in [-0.4, -0.2) is 74.7 Å². The van der Waals surface area contributed by atoms with Gasteiger partial charge in [-0.25, -0.2) is 0 Å². The number of morpholine rings is 1. The van der Waals surface area contributed by atoms with Crippen molar-refractivity contribution in [2.24, 2.45) is 5.92 Å². The number of carbonyl (C=O) groups excluding carboxylic acids is 2. The number of likely N-dealkylation sites (tertiary alicyclic amines) is 1. The van der Waals surface area contributed by atoms with Crippen LogP contribution in [0.3, 0.4) is 0 Å². The van der Waals surface area contributed by atoms with E-state index in [4.69, 9.17) is 9.47 Å². The van der Waals surface area contributed by atoms with E-state index < -0.39 is 0 Å². The predicted octanol–water partition coefficient (Wildman–Crippen LogP) is 0.691. The van der Waals surface area contributed by atoms with Crippen LogP contribution in [0, 0.1) is 5.92 Å². The summed E-state index contributed by atoms with van der Waals surface area (Å²) >= 11 is 1.61. The van der Waals surface area contributed by atoms with Gasteiger partial charge in [-0.05, 0) is 17.0 Å². The molecule has 0 aliphatic carbocycles. The summed E-state index contributed by atoms with van der Waals surface area (Å²) in [7, 11) is 1.67. The molecule has 2 saturated heterocycles. The lowest BCUT2D eigenvalue weighted by atomic mass is 10.1. The first-order chi connectivity index (χ1) is 12.7. The number of methoxy groups -OCH3 is 1. The fourth-order valence-corrected chi connectivity index (χ4v) is 4.14. The second-order valence-electron chi connectivity index (χ2n) is 6.77. The number of hydrogen-bond acceptors (Lipinski definition) is 6. The summed E-state index contributed by atoms with van der Waals surface area (Å²) < 4.78 is 10.4. The molecule has 3 heterocycles. The average Bonchev–Trinajstić information content (AvgIpc) is 3.26. The number of hydrogen-bond donors (Lipinski definition) is 1. The van der Waals surface area contributed by atoms with Crippen LogP contribution in [0.25, 0.3) is 0 Å². The molecule has 144 valence electrons. The third-order valence-electron chi connectivity index (χ3n) is 4.83. The van der Waals surface area contributed by atoms with Gasteiger partial charge in [0.05, 0.1) is 32.3 Å². The first-order valence-corrected chi connectivity index (χ1v) is 9.94. The van der Waals surface area contributed by atoms with Gasteiger partial charge in [0.2, 0.25) is 11.8 Å². The highest BCUT2D eigenvalue weighted by Gasteiger charge is 2.34. The summed E-state index contributed by atoms with van der Waals surface area (Å²) in [6.45, 7) is 6.49. The lowest BCUT2D eigenvalue weighted by Crippen LogP contribution is -2.42. The summed E-state index contributed by atoms with van der Waals surface area (Å²) in [4.78, 5) is 29.8. The van der Waals surface area contributed by atoms with Gasteiger partial charge in [-0.3, -0.25) is 14.5 Å². The molecule has 2 aliphatic rings. The molecule has 1 aromatic rings. The number of carbonyl (C=O) groups is 2. The van der Waals surface area contributed by atoms with Gasteiger partial charge in [-0.1, -0.05) is 0 Å². The van der Waals surface area contributed by atoms with Crippen LogP contribution in [0.15, 0.2) is 11.4 Å². The Morgan fingerprint density at radius 2 is 2.19 bits per heavy atom. The molecule has 26 heavy (non-hydrogen) atoms. The third-order valence-corrected chi connectivity index (χ3v) is 5.82. The monoisotopic (exact) mass is 381 g/mol. The van der Waals surface area contributed by atoms with E-state index >= 15 is 0 Å². The van der Waals surface area contributed by atoms with Crippen molar-refractivity contribution in [3.63, 3.8) is 0 Å². The SMILES string of the molecule is COCc1csc(CNC(=O)C2CC(=O)N(CCN3CCOCC3)C2)c1. The number of ether oxygens (including phenoxy) is 2. The Labute approximate surface area is 158 Å². The van der Waals surface area contributed by atoms with Crippen LogP contribution < -0.4 is 5.32 Å². The predicted molar refractivity (Wildman–Crippen MR) is 98.8 cm³/mol. The highest BCUT2D eigenvalue weighted by atomic mass is 32.1. The van der Waals surface area contributed by atoms with Crippen LogP contribution in [0.2, 0.25) is 0 Å². The molecule has 0 spiro atoms. The van der Waals surface area contributed by atoms with Crippen molar-refractivity contribution in [2.75, 3.05) is 53.0 Å². The van der Waals surface area contributed by atoms with E-state index in [1.54, 1.807) is 18.4 Å². The fraction of sp³-hybridized carbons (Fsp3) is 0.667. The molecule has 0 aromatic carbocycles. The lowest BCUT2D eigenvalue weighted by molar-refractivity contribution is -0.129. The van der Waals surface area contributed by atoms with Gasteiger partial charge < -0.3 is 19.7 Å². The zero-order chi connectivity index (χ0) is 18.4. The Hall–Kier alpha value is -1.48. The van der Waals surface area contributed by atoms with E-state index in [0.717, 1.165) is 43.3 Å². The van der Waals surface area contributed by atoms with Crippen LogP contribution >= 0.6 is 11.3 Å². The minimum absolute atomic E-state index is 0.0334. The highest BCUT2D eigenvalue weighted by molar-refractivity contribution is 7.10. The molecule has 3 rings (SSSR count). The molecule has 0 saturated carbocycles. The Morgan fingerprint density at radius 3 is 2.96 bits per heavy atom. The van der Waals surface area contributed by atoms with E-state index in [1.807, 2.05) is 16.3 Å². The zero-order valence-corrected chi connectivity index (χ0v) is 16.1. The Kier molecular flexibility index (Phi) is 7.01. The highest BCUT2D eigenvalue weighted by Crippen LogP contribution is 2.19. The molecule has 0 bridgehead atoms. The van der Waals surface area contributed by atoms with E-state index in [9.17, 15) is 9.59 Å². The number of thiophene rings is 1. The van der Waals surface area contributed by atoms with E-state index in [1.165, 1.54) is 0 Å². The first-order valence-electron chi connectivity index (χ1n) is 9.06. The van der Waals surface area contributed by atoms with Crippen LogP contribution in [0.1, 0.15) is 16.9 Å². The van der Waals surface area contributed by atoms with Crippen molar-refractivity contribution in [3.05, 3.63) is 21.9 Å². The van der Waals surface area contributed by atoms with Gasteiger partial charge in [-0.2, -0.15) is 0 Å². The molecule has 7 nitrogen and oxygen atoms in total. The van der Waals surface area contributed by atoms with Gasteiger partial charge in [0.1, 0.15) is 0 Å². The normalized spacial score (nSPS) is 21.3. The Bertz CT molecular complexity index is 615. The summed E-state index contributed by atoms with van der Waals surface area (Å²) in [6.07, 6.45) is 0.314. The van der Waals surface area contributed by atoms with Crippen LogP contribution in [0.5, 0.6) is 0 Å². The van der Waals surface area contributed by atoms with Crippen molar-refractivity contribution in [2.45, 2.75) is 19.6 Å². The number of rotatable bonds is 8. The lowest BCUT2D eigenvalue weighted by Gasteiger charge is -2.28. The zero-order valence-electron chi connectivity index (χ0n) is 15.2. The minimum atomic E-state index is -0.245. The van der Waals surface area contributed by atoms with Crippen molar-refractivity contribution >= 4 is 23.2 Å². The number of nitrogens with zero attached hydrogens (tertiary/aromatic N) is 2. The Balaban J connectivity index is 1.41. The topological polar surface area (TPSA) is 71.1 Å². The molecule has 1 atom stereocenters. The van der Waals surface area contributed by atoms with Gasteiger partial charge in [0.15, 0.2) is 0 Å². The van der Waals surface area contributed by atoms with Gasteiger partial charge >= 0.3 is 0 Å². The first kappa shape index (κ1) is 19.3. The standard InChI is InChI=1S/C18H27N3O4S/c1-24-12-14-8-16(26-13-14)10-19-18(23)15-9-17(22)21(11-15)3-2-20-4-6-25-7-5-20/h8,13,15H,2-7,9-12H2,1H3,(H,19,23). The molecule has 1 aromatic heterocycles. The second kappa shape index (κ2) is 9.45. The Morgan fingerprint density at radius 1 is 1.38 bits per heavy atom. The van der Waals surface area contributed by atoms with Crippen molar-refractivity contribution in [1.82, 2.24) is 15.1 Å².